The molecule has 1 aromatic heterocycles. The molecule has 0 aliphatic rings. The molecule has 146 valence electrons. The van der Waals surface area contributed by atoms with Crippen LogP contribution in [0.4, 0.5) is 5.13 Å². The van der Waals surface area contributed by atoms with E-state index in [0.717, 1.165) is 22.6 Å². The largest absolute Gasteiger partial charge is 0.497 e. The molecule has 0 radical (unpaired) electrons. The van der Waals surface area contributed by atoms with E-state index in [0.29, 0.717) is 18.2 Å². The van der Waals surface area contributed by atoms with Crippen molar-refractivity contribution in [2.24, 2.45) is 0 Å². The first-order valence-corrected chi connectivity index (χ1v) is 9.95. The summed E-state index contributed by atoms with van der Waals surface area (Å²) < 4.78 is 5.17. The summed E-state index contributed by atoms with van der Waals surface area (Å²) >= 11 is 1.52. The Balaban J connectivity index is 1.49. The van der Waals surface area contributed by atoms with E-state index in [4.69, 9.17) is 4.74 Å². The predicted octanol–water partition coefficient (Wildman–Crippen LogP) is 4.12. The van der Waals surface area contributed by atoms with Crippen LogP contribution in [0.2, 0.25) is 0 Å². The lowest BCUT2D eigenvalue weighted by atomic mass is 10.1. The maximum atomic E-state index is 12.3. The lowest BCUT2D eigenvalue weighted by Gasteiger charge is -2.16. The average molecular weight is 396 g/mol. The fraction of sp³-hybridized carbons (Fsp3) is 0.273. The first-order valence-electron chi connectivity index (χ1n) is 9.13. The lowest BCUT2D eigenvalue weighted by Crippen LogP contribution is -2.29. The summed E-state index contributed by atoms with van der Waals surface area (Å²) in [6.45, 7) is 3.08. The molecule has 6 heteroatoms. The van der Waals surface area contributed by atoms with Gasteiger partial charge in [0.1, 0.15) is 5.75 Å². The van der Waals surface area contributed by atoms with E-state index < -0.39 is 0 Å². The Bertz CT molecular complexity index is 922. The second-order valence-corrected chi connectivity index (χ2v) is 7.98. The van der Waals surface area contributed by atoms with Crippen molar-refractivity contribution in [1.82, 2.24) is 9.88 Å². The number of rotatable bonds is 8. The molecule has 0 atom stereocenters. The number of aryl methyl sites for hydroxylation is 1. The molecule has 1 heterocycles. The van der Waals surface area contributed by atoms with E-state index >= 15 is 0 Å². The van der Waals surface area contributed by atoms with Gasteiger partial charge in [0.05, 0.1) is 13.7 Å². The summed E-state index contributed by atoms with van der Waals surface area (Å²) in [6, 6.07) is 16.3. The Kier molecular flexibility index (Phi) is 6.79. The third kappa shape index (κ3) is 5.90. The number of methoxy groups -OCH3 is 1. The number of hydrogen-bond acceptors (Lipinski definition) is 5. The van der Waals surface area contributed by atoms with Crippen molar-refractivity contribution in [1.29, 1.82) is 0 Å². The van der Waals surface area contributed by atoms with E-state index in [1.54, 1.807) is 7.11 Å². The third-order valence-corrected chi connectivity index (χ3v) is 5.20. The summed E-state index contributed by atoms with van der Waals surface area (Å²) in [5, 5.41) is 3.55. The average Bonchev–Trinajstić information content (AvgIpc) is 3.08. The highest BCUT2D eigenvalue weighted by molar-refractivity contribution is 7.15. The fourth-order valence-corrected chi connectivity index (χ4v) is 3.84. The number of nitrogens with one attached hydrogen (secondary N) is 1. The first kappa shape index (κ1) is 20.0. The standard InChI is InChI=1S/C22H25N3O2S/c1-16-5-4-6-18(11-16)12-20-13-23-22(28-20)24-21(26)15-25(2)14-17-7-9-19(27-3)10-8-17/h4-11,13H,12,14-15H2,1-3H3,(H,23,24,26). The van der Waals surface area contributed by atoms with E-state index in [-0.39, 0.29) is 5.91 Å². The molecule has 0 aliphatic carbocycles. The third-order valence-electron chi connectivity index (χ3n) is 4.29. The van der Waals surface area contributed by atoms with Gasteiger partial charge in [-0.05, 0) is 37.2 Å². The SMILES string of the molecule is COc1ccc(CN(C)CC(=O)Nc2ncc(Cc3cccc(C)c3)s2)cc1. The van der Waals surface area contributed by atoms with Gasteiger partial charge in [-0.1, -0.05) is 42.0 Å². The number of ether oxygens (including phenoxy) is 1. The summed E-state index contributed by atoms with van der Waals surface area (Å²) in [5.41, 5.74) is 3.63. The summed E-state index contributed by atoms with van der Waals surface area (Å²) in [5.74, 6) is 0.766. The number of hydrogen-bond donors (Lipinski definition) is 1. The maximum Gasteiger partial charge on any atom is 0.240 e. The number of anilines is 1. The van der Waals surface area contributed by atoms with Gasteiger partial charge in [-0.3, -0.25) is 9.69 Å². The number of nitrogens with zero attached hydrogens (tertiary/aromatic N) is 2. The van der Waals surface area contributed by atoms with Crippen LogP contribution in [0.5, 0.6) is 5.75 Å². The highest BCUT2D eigenvalue weighted by Crippen LogP contribution is 2.21. The molecular weight excluding hydrogens is 370 g/mol. The molecule has 1 amide bonds. The van der Waals surface area contributed by atoms with Crippen molar-refractivity contribution in [2.45, 2.75) is 19.9 Å². The number of aromatic nitrogens is 1. The van der Waals surface area contributed by atoms with Gasteiger partial charge < -0.3 is 10.1 Å². The molecule has 3 aromatic rings. The minimum atomic E-state index is -0.0625. The van der Waals surface area contributed by atoms with Crippen LogP contribution in [0.25, 0.3) is 0 Å². The topological polar surface area (TPSA) is 54.5 Å². The molecule has 0 saturated carbocycles. The second-order valence-electron chi connectivity index (χ2n) is 6.87. The molecule has 0 aliphatic heterocycles. The Labute approximate surface area is 170 Å². The predicted molar refractivity (Wildman–Crippen MR) is 114 cm³/mol. The van der Waals surface area contributed by atoms with Crippen LogP contribution in [0.3, 0.4) is 0 Å². The fourth-order valence-electron chi connectivity index (χ4n) is 2.97. The van der Waals surface area contributed by atoms with E-state index in [1.165, 1.54) is 22.5 Å². The maximum absolute atomic E-state index is 12.3. The van der Waals surface area contributed by atoms with Crippen LogP contribution in [0.15, 0.2) is 54.7 Å². The molecule has 28 heavy (non-hydrogen) atoms. The second kappa shape index (κ2) is 9.48. The normalized spacial score (nSPS) is 10.9. The van der Waals surface area contributed by atoms with Crippen molar-refractivity contribution >= 4 is 22.4 Å². The van der Waals surface area contributed by atoms with Crippen LogP contribution < -0.4 is 10.1 Å². The molecule has 0 fully saturated rings. The molecular formula is C22H25N3O2S. The Morgan fingerprint density at radius 1 is 1.18 bits per heavy atom. The van der Waals surface area contributed by atoms with Gasteiger partial charge in [0, 0.05) is 24.0 Å². The van der Waals surface area contributed by atoms with E-state index in [2.05, 4.69) is 41.5 Å². The molecule has 0 spiro atoms. The number of amides is 1. The molecule has 5 nitrogen and oxygen atoms in total. The molecule has 3 rings (SSSR count). The first-order chi connectivity index (χ1) is 13.5. The number of benzene rings is 2. The Morgan fingerprint density at radius 3 is 2.68 bits per heavy atom. The zero-order valence-corrected chi connectivity index (χ0v) is 17.3. The highest BCUT2D eigenvalue weighted by atomic mass is 32.1. The molecule has 1 N–H and O–H groups in total. The van der Waals surface area contributed by atoms with Crippen LogP contribution in [-0.2, 0) is 17.8 Å². The van der Waals surface area contributed by atoms with Gasteiger partial charge >= 0.3 is 0 Å². The minimum Gasteiger partial charge on any atom is -0.497 e. The monoisotopic (exact) mass is 395 g/mol. The zero-order chi connectivity index (χ0) is 19.9. The number of likely N-dealkylation sites (N-methyl/N-ethyl adjacent to an activating group) is 1. The molecule has 0 saturated heterocycles. The summed E-state index contributed by atoms with van der Waals surface area (Å²) in [4.78, 5) is 19.8. The Hall–Kier alpha value is -2.70. The molecule has 0 unspecified atom stereocenters. The minimum absolute atomic E-state index is 0.0625. The van der Waals surface area contributed by atoms with Gasteiger partial charge in [-0.2, -0.15) is 0 Å². The lowest BCUT2D eigenvalue weighted by molar-refractivity contribution is -0.117. The van der Waals surface area contributed by atoms with Gasteiger partial charge in [0.2, 0.25) is 5.91 Å². The van der Waals surface area contributed by atoms with Crippen molar-refractivity contribution < 1.29 is 9.53 Å². The van der Waals surface area contributed by atoms with Crippen LogP contribution in [-0.4, -0.2) is 36.5 Å². The highest BCUT2D eigenvalue weighted by Gasteiger charge is 2.10. The van der Waals surface area contributed by atoms with Crippen LogP contribution in [0.1, 0.15) is 21.6 Å². The van der Waals surface area contributed by atoms with Gasteiger partial charge in [-0.25, -0.2) is 4.98 Å². The van der Waals surface area contributed by atoms with Gasteiger partial charge in [-0.15, -0.1) is 11.3 Å². The summed E-state index contributed by atoms with van der Waals surface area (Å²) in [7, 11) is 3.57. The van der Waals surface area contributed by atoms with Crippen molar-refractivity contribution in [3.8, 4) is 5.75 Å². The quantitative estimate of drug-likeness (QED) is 0.623. The number of carbonyl (C=O) groups is 1. The number of carbonyl (C=O) groups excluding carboxylic acids is 1. The van der Waals surface area contributed by atoms with Crippen LogP contribution >= 0.6 is 11.3 Å². The number of thiazole rings is 1. The van der Waals surface area contributed by atoms with Crippen LogP contribution in [0, 0.1) is 6.92 Å². The van der Waals surface area contributed by atoms with E-state index in [1.807, 2.05) is 42.4 Å². The Morgan fingerprint density at radius 2 is 1.96 bits per heavy atom. The van der Waals surface area contributed by atoms with Gasteiger partial charge in [0.25, 0.3) is 0 Å². The van der Waals surface area contributed by atoms with Crippen molar-refractivity contribution in [2.75, 3.05) is 26.0 Å². The summed E-state index contributed by atoms with van der Waals surface area (Å²) in [6.07, 6.45) is 2.66. The van der Waals surface area contributed by atoms with Crippen molar-refractivity contribution in [3.63, 3.8) is 0 Å². The molecule has 2 aromatic carbocycles. The zero-order valence-electron chi connectivity index (χ0n) is 16.4. The van der Waals surface area contributed by atoms with E-state index in [9.17, 15) is 4.79 Å². The molecule has 0 bridgehead atoms. The smallest absolute Gasteiger partial charge is 0.240 e. The van der Waals surface area contributed by atoms with Gasteiger partial charge in [0.15, 0.2) is 5.13 Å². The van der Waals surface area contributed by atoms with Crippen molar-refractivity contribution in [3.05, 3.63) is 76.3 Å².